The molecule has 3 aromatic rings. The number of carbonyl (C=O) groups is 3. The summed E-state index contributed by atoms with van der Waals surface area (Å²) in [5.74, 6) is -1.01. The fourth-order valence-electron chi connectivity index (χ4n) is 3.63. The van der Waals surface area contributed by atoms with Gasteiger partial charge >= 0.3 is 6.09 Å². The number of fused-ring (bicyclic) bond motifs is 1. The van der Waals surface area contributed by atoms with Crippen molar-refractivity contribution < 1.29 is 19.5 Å². The lowest BCUT2D eigenvalue weighted by atomic mass is 10.0. The highest BCUT2D eigenvalue weighted by Crippen LogP contribution is 2.28. The van der Waals surface area contributed by atoms with Crippen LogP contribution >= 0.6 is 0 Å². The Morgan fingerprint density at radius 3 is 2.24 bits per heavy atom. The number of rotatable bonds is 6. The van der Waals surface area contributed by atoms with Gasteiger partial charge in [-0.1, -0.05) is 78.9 Å². The van der Waals surface area contributed by atoms with E-state index < -0.39 is 18.2 Å². The molecule has 4 rings (SSSR count). The molecule has 3 N–H and O–H groups in total. The number of nitrogens with zero attached hydrogens (tertiary/aromatic N) is 2. The Bertz CT molecular complexity index is 1200. The smallest absolute Gasteiger partial charge is 0.406 e. The Kier molecular flexibility index (Phi) is 6.45. The topological polar surface area (TPSA) is 111 Å². The SMILES string of the molecule is O=C(O)NC1N=C(c2ccccc2)c2ccccc2N(CC(=O)NCc2ccccc2)C1=O. The summed E-state index contributed by atoms with van der Waals surface area (Å²) in [4.78, 5) is 43.2. The number of benzodiazepines with no additional fused rings is 1. The molecule has 1 atom stereocenters. The van der Waals surface area contributed by atoms with E-state index in [9.17, 15) is 19.5 Å². The normalized spacial score (nSPS) is 15.2. The van der Waals surface area contributed by atoms with Crippen LogP contribution in [0.5, 0.6) is 0 Å². The molecule has 0 aliphatic carbocycles. The largest absolute Gasteiger partial charge is 0.465 e. The maximum Gasteiger partial charge on any atom is 0.406 e. The summed E-state index contributed by atoms with van der Waals surface area (Å²) in [7, 11) is 0. The first-order valence-corrected chi connectivity index (χ1v) is 10.4. The van der Waals surface area contributed by atoms with Gasteiger partial charge in [0.15, 0.2) is 0 Å². The molecule has 0 fully saturated rings. The molecule has 1 heterocycles. The number of carbonyl (C=O) groups excluding carboxylic acids is 2. The van der Waals surface area contributed by atoms with Gasteiger partial charge in [-0.25, -0.2) is 9.79 Å². The van der Waals surface area contributed by atoms with Crippen molar-refractivity contribution in [1.82, 2.24) is 10.6 Å². The second kappa shape index (κ2) is 9.78. The van der Waals surface area contributed by atoms with Gasteiger partial charge in [-0.05, 0) is 11.6 Å². The van der Waals surface area contributed by atoms with Crippen LogP contribution < -0.4 is 15.5 Å². The van der Waals surface area contributed by atoms with Crippen molar-refractivity contribution in [3.05, 3.63) is 102 Å². The van der Waals surface area contributed by atoms with Crippen LogP contribution in [0, 0.1) is 0 Å². The molecule has 166 valence electrons. The van der Waals surface area contributed by atoms with Crippen LogP contribution in [-0.2, 0) is 16.1 Å². The second-order valence-corrected chi connectivity index (χ2v) is 7.40. The van der Waals surface area contributed by atoms with Crippen LogP contribution in [0.25, 0.3) is 0 Å². The van der Waals surface area contributed by atoms with Gasteiger partial charge in [0, 0.05) is 17.7 Å². The number of hydrogen-bond acceptors (Lipinski definition) is 4. The van der Waals surface area contributed by atoms with E-state index in [1.54, 1.807) is 24.3 Å². The summed E-state index contributed by atoms with van der Waals surface area (Å²) in [5, 5.41) is 14.3. The Morgan fingerprint density at radius 1 is 0.909 bits per heavy atom. The number of para-hydroxylation sites is 1. The standard InChI is InChI=1S/C25H22N4O4/c30-21(26-15-17-9-3-1-4-10-17)16-29-20-14-8-7-13-19(20)22(18-11-5-2-6-12-18)27-23(24(29)31)28-25(32)33/h1-14,23,28H,15-16H2,(H,26,30)(H,32,33). The maximum atomic E-state index is 13.3. The van der Waals surface area contributed by atoms with Crippen molar-refractivity contribution >= 4 is 29.3 Å². The lowest BCUT2D eigenvalue weighted by Gasteiger charge is -2.24. The number of amides is 3. The fourth-order valence-corrected chi connectivity index (χ4v) is 3.63. The van der Waals surface area contributed by atoms with Crippen molar-refractivity contribution in [3.8, 4) is 0 Å². The van der Waals surface area contributed by atoms with Crippen molar-refractivity contribution in [3.63, 3.8) is 0 Å². The third kappa shape index (κ3) is 5.07. The highest BCUT2D eigenvalue weighted by atomic mass is 16.4. The molecular formula is C25H22N4O4. The molecule has 8 heteroatoms. The highest BCUT2D eigenvalue weighted by molar-refractivity contribution is 6.20. The summed E-state index contributed by atoms with van der Waals surface area (Å²) >= 11 is 0. The van der Waals surface area contributed by atoms with Crippen LogP contribution in [0.3, 0.4) is 0 Å². The predicted octanol–water partition coefficient (Wildman–Crippen LogP) is 2.78. The average molecular weight is 442 g/mol. The number of anilines is 1. The van der Waals surface area contributed by atoms with E-state index in [4.69, 9.17) is 0 Å². The molecule has 1 aliphatic heterocycles. The minimum absolute atomic E-state index is 0.280. The van der Waals surface area contributed by atoms with E-state index >= 15 is 0 Å². The van der Waals surface area contributed by atoms with E-state index in [1.165, 1.54) is 4.90 Å². The van der Waals surface area contributed by atoms with E-state index in [1.807, 2.05) is 60.7 Å². The first kappa shape index (κ1) is 21.8. The number of hydrogen-bond donors (Lipinski definition) is 3. The van der Waals surface area contributed by atoms with Crippen molar-refractivity contribution in [2.24, 2.45) is 4.99 Å². The quantitative estimate of drug-likeness (QED) is 0.545. The number of aliphatic imine (C=N–C) groups is 1. The summed E-state index contributed by atoms with van der Waals surface area (Å²) in [6.45, 7) is 0.0317. The molecule has 0 radical (unpaired) electrons. The molecule has 0 saturated heterocycles. The van der Waals surface area contributed by atoms with Crippen LogP contribution in [0.4, 0.5) is 10.5 Å². The van der Waals surface area contributed by atoms with Crippen molar-refractivity contribution in [1.29, 1.82) is 0 Å². The predicted molar refractivity (Wildman–Crippen MR) is 124 cm³/mol. The zero-order valence-electron chi connectivity index (χ0n) is 17.6. The molecule has 0 spiro atoms. The molecule has 8 nitrogen and oxygen atoms in total. The Labute approximate surface area is 190 Å². The van der Waals surface area contributed by atoms with Crippen LogP contribution in [0.1, 0.15) is 16.7 Å². The fraction of sp³-hybridized carbons (Fsp3) is 0.120. The molecule has 0 bridgehead atoms. The van der Waals surface area contributed by atoms with Gasteiger partial charge in [0.2, 0.25) is 12.1 Å². The molecule has 0 saturated carbocycles. The van der Waals surface area contributed by atoms with Gasteiger partial charge in [0.1, 0.15) is 6.54 Å². The van der Waals surface area contributed by atoms with Gasteiger partial charge in [-0.15, -0.1) is 0 Å². The summed E-state index contributed by atoms with van der Waals surface area (Å²) in [6.07, 6.45) is -2.78. The van der Waals surface area contributed by atoms with E-state index in [0.29, 0.717) is 23.5 Å². The van der Waals surface area contributed by atoms with Gasteiger partial charge in [-0.2, -0.15) is 0 Å². The third-order valence-corrected chi connectivity index (χ3v) is 5.15. The molecular weight excluding hydrogens is 420 g/mol. The lowest BCUT2D eigenvalue weighted by molar-refractivity contribution is -0.124. The Hall–Kier alpha value is -4.46. The number of benzene rings is 3. The monoisotopic (exact) mass is 442 g/mol. The van der Waals surface area contributed by atoms with E-state index in [0.717, 1.165) is 11.1 Å². The maximum absolute atomic E-state index is 13.3. The summed E-state index contributed by atoms with van der Waals surface area (Å²) in [6, 6.07) is 25.7. The second-order valence-electron chi connectivity index (χ2n) is 7.40. The van der Waals surface area contributed by atoms with Gasteiger partial charge in [-0.3, -0.25) is 19.8 Å². The Balaban J connectivity index is 1.68. The summed E-state index contributed by atoms with van der Waals surface area (Å²) < 4.78 is 0. The van der Waals surface area contributed by atoms with Crippen molar-refractivity contribution in [2.45, 2.75) is 12.7 Å². The Morgan fingerprint density at radius 2 is 1.55 bits per heavy atom. The number of nitrogens with one attached hydrogen (secondary N) is 2. The van der Waals surface area contributed by atoms with Crippen LogP contribution in [0.2, 0.25) is 0 Å². The number of carboxylic acid groups (broad SMARTS) is 1. The van der Waals surface area contributed by atoms with Gasteiger partial charge in [0.25, 0.3) is 5.91 Å². The zero-order valence-corrected chi connectivity index (χ0v) is 17.6. The zero-order chi connectivity index (χ0) is 23.2. The van der Waals surface area contributed by atoms with Gasteiger partial charge in [0.05, 0.1) is 11.4 Å². The molecule has 1 aliphatic rings. The molecule has 3 amide bonds. The molecule has 3 aromatic carbocycles. The molecule has 0 aromatic heterocycles. The van der Waals surface area contributed by atoms with Gasteiger partial charge < -0.3 is 10.4 Å². The molecule has 33 heavy (non-hydrogen) atoms. The van der Waals surface area contributed by atoms with Crippen molar-refractivity contribution in [2.75, 3.05) is 11.4 Å². The first-order valence-electron chi connectivity index (χ1n) is 10.4. The first-order chi connectivity index (χ1) is 16.0. The van der Waals surface area contributed by atoms with Crippen LogP contribution in [-0.4, -0.2) is 41.4 Å². The van der Waals surface area contributed by atoms with Crippen LogP contribution in [0.15, 0.2) is 89.9 Å². The molecule has 1 unspecified atom stereocenters. The summed E-state index contributed by atoms with van der Waals surface area (Å²) in [5.41, 5.74) is 3.22. The average Bonchev–Trinajstić information content (AvgIpc) is 2.94. The van der Waals surface area contributed by atoms with E-state index in [-0.39, 0.29) is 12.5 Å². The third-order valence-electron chi connectivity index (χ3n) is 5.15. The minimum Gasteiger partial charge on any atom is -0.465 e. The minimum atomic E-state index is -1.40. The highest BCUT2D eigenvalue weighted by Gasteiger charge is 2.34. The van der Waals surface area contributed by atoms with E-state index in [2.05, 4.69) is 15.6 Å². The lowest BCUT2D eigenvalue weighted by Crippen LogP contribution is -2.50.